The van der Waals surface area contributed by atoms with Gasteiger partial charge in [0.25, 0.3) is 0 Å². The molecule has 0 aliphatic heterocycles. The predicted octanol–water partition coefficient (Wildman–Crippen LogP) is 3.72. The first kappa shape index (κ1) is 14.2. The van der Waals surface area contributed by atoms with Crippen molar-refractivity contribution in [1.29, 1.82) is 5.26 Å². The highest BCUT2D eigenvalue weighted by atomic mass is 15.0. The zero-order chi connectivity index (χ0) is 13.8. The highest BCUT2D eigenvalue weighted by Crippen LogP contribution is 2.34. The Labute approximate surface area is 111 Å². The molecule has 1 saturated carbocycles. The lowest BCUT2D eigenvalue weighted by molar-refractivity contribution is 0.475. The van der Waals surface area contributed by atoms with Crippen molar-refractivity contribution >= 4 is 5.71 Å². The van der Waals surface area contributed by atoms with E-state index in [-0.39, 0.29) is 6.97 Å². The Hall–Kier alpha value is -1.82. The van der Waals surface area contributed by atoms with Crippen LogP contribution in [0.4, 0.5) is 0 Å². The van der Waals surface area contributed by atoms with Gasteiger partial charge in [0.15, 0.2) is 0 Å². The molecular weight excluding hydrogens is 222 g/mol. The first-order valence-corrected chi connectivity index (χ1v) is 6.15. The maximum absolute atomic E-state index is 8.78. The predicted molar refractivity (Wildman–Crippen MR) is 78.3 cm³/mol. The number of allylic oxidation sites excluding steroid dienone is 3. The lowest BCUT2D eigenvalue weighted by atomic mass is 10.1. The van der Waals surface area contributed by atoms with E-state index in [0.717, 1.165) is 18.4 Å². The molecule has 0 amide bonds. The van der Waals surface area contributed by atoms with Crippen LogP contribution in [0.2, 0.25) is 0 Å². The Morgan fingerprint density at radius 2 is 2.11 bits per heavy atom. The molecule has 3 nitrogen and oxygen atoms in total. The summed E-state index contributed by atoms with van der Waals surface area (Å²) in [4.78, 5) is 4.12. The number of aliphatic imine (C=N–C) groups is 1. The fourth-order valence-corrected chi connectivity index (χ4v) is 1.51. The zero-order valence-electron chi connectivity index (χ0n) is 11.7. The third-order valence-electron chi connectivity index (χ3n) is 2.45. The normalized spacial score (nSPS) is 16.1. The summed E-state index contributed by atoms with van der Waals surface area (Å²) in [7, 11) is 0. The van der Waals surface area contributed by atoms with Gasteiger partial charge in [0.05, 0.1) is 0 Å². The van der Waals surface area contributed by atoms with Crippen molar-refractivity contribution in [2.45, 2.75) is 46.1 Å². The summed E-state index contributed by atoms with van der Waals surface area (Å²) >= 11 is 0. The van der Waals surface area contributed by atoms with Gasteiger partial charge in [-0.1, -0.05) is 6.58 Å². The van der Waals surface area contributed by atoms with E-state index in [0.29, 0.717) is 5.71 Å². The van der Waals surface area contributed by atoms with Gasteiger partial charge in [-0.15, -0.1) is 0 Å². The van der Waals surface area contributed by atoms with E-state index in [1.54, 1.807) is 6.20 Å². The first-order valence-electron chi connectivity index (χ1n) is 6.15. The van der Waals surface area contributed by atoms with Gasteiger partial charge >= 0.3 is 0 Å². The highest BCUT2D eigenvalue weighted by Gasteiger charge is 2.22. The first-order chi connectivity index (χ1) is 8.37. The van der Waals surface area contributed by atoms with E-state index in [9.17, 15) is 0 Å². The summed E-state index contributed by atoms with van der Waals surface area (Å²) in [6, 6.07) is 1.99. The Bertz CT molecular complexity index is 465. The lowest BCUT2D eigenvalue weighted by Crippen LogP contribution is -2.35. The van der Waals surface area contributed by atoms with Crippen LogP contribution in [0.1, 0.15) is 42.0 Å². The van der Waals surface area contributed by atoms with Crippen molar-refractivity contribution < 1.29 is 1.43 Å². The molecule has 1 fully saturated rings. The molecule has 1 aliphatic carbocycles. The van der Waals surface area contributed by atoms with Crippen LogP contribution in [0.25, 0.3) is 0 Å². The molecule has 0 spiro atoms. The summed E-state index contributed by atoms with van der Waals surface area (Å²) in [5.74, 6) is 0. The van der Waals surface area contributed by atoms with E-state index < -0.39 is 0 Å². The molecular formula is C15H23N3. The summed E-state index contributed by atoms with van der Waals surface area (Å²) in [6.45, 7) is 12.0. The summed E-state index contributed by atoms with van der Waals surface area (Å²) in [5, 5.41) is 12.3. The Balaban J connectivity index is 0.00000324. The third kappa shape index (κ3) is 4.58. The minimum Gasteiger partial charge on any atom is -0.380 e. The maximum Gasteiger partial charge on any atom is 0.139 e. The number of nitriles is 1. The van der Waals surface area contributed by atoms with Crippen LogP contribution in [0.3, 0.4) is 0 Å². The van der Waals surface area contributed by atoms with Gasteiger partial charge in [-0.2, -0.15) is 5.26 Å². The fourth-order valence-electron chi connectivity index (χ4n) is 1.51. The lowest BCUT2D eigenvalue weighted by Gasteiger charge is -2.25. The van der Waals surface area contributed by atoms with Crippen LogP contribution in [0, 0.1) is 11.3 Å². The molecule has 0 aromatic carbocycles. The van der Waals surface area contributed by atoms with Gasteiger partial charge in [0.1, 0.15) is 11.8 Å². The smallest absolute Gasteiger partial charge is 0.139 e. The molecule has 0 saturated heterocycles. The largest absolute Gasteiger partial charge is 0.380 e. The number of rotatable bonds is 4. The van der Waals surface area contributed by atoms with Crippen molar-refractivity contribution in [3.63, 3.8) is 0 Å². The monoisotopic (exact) mass is 245 g/mol. The number of nitrogens with one attached hydrogen (secondary N) is 1. The SMILES string of the molecule is C=CC(C#N)=N/C=C(\C)C(NC(C)(C)C)=C1CC1.[HH]. The van der Waals surface area contributed by atoms with Gasteiger partial charge < -0.3 is 5.32 Å². The van der Waals surface area contributed by atoms with Crippen molar-refractivity contribution in [1.82, 2.24) is 5.32 Å². The van der Waals surface area contributed by atoms with Gasteiger partial charge in [-0.25, -0.2) is 4.99 Å². The standard InChI is InChI=1S/C15H21N3.H2/c1-6-13(9-16)17-10-11(2)14(12-7-8-12)18-15(3,4)5;/h6,10,18H,1,7-8H2,2-5H3;1H/b11-10+,17-13?;. The second-order valence-electron chi connectivity index (χ2n) is 5.50. The molecule has 18 heavy (non-hydrogen) atoms. The average molecular weight is 245 g/mol. The van der Waals surface area contributed by atoms with Crippen molar-refractivity contribution in [3.05, 3.63) is 35.7 Å². The Morgan fingerprint density at radius 1 is 1.50 bits per heavy atom. The van der Waals surface area contributed by atoms with Gasteiger partial charge in [0, 0.05) is 18.9 Å². The van der Waals surface area contributed by atoms with E-state index in [4.69, 9.17) is 5.26 Å². The minimum atomic E-state index is 0. The van der Waals surface area contributed by atoms with Crippen LogP contribution in [-0.2, 0) is 0 Å². The Kier molecular flexibility index (Phi) is 4.49. The van der Waals surface area contributed by atoms with Crippen LogP contribution >= 0.6 is 0 Å². The fraction of sp³-hybridized carbons (Fsp3) is 0.467. The molecule has 3 heteroatoms. The topological polar surface area (TPSA) is 48.2 Å². The molecule has 1 rings (SSSR count). The zero-order valence-corrected chi connectivity index (χ0v) is 11.7. The van der Waals surface area contributed by atoms with Crippen molar-refractivity contribution in [2.75, 3.05) is 0 Å². The molecule has 0 aromatic rings. The van der Waals surface area contributed by atoms with Crippen LogP contribution in [0.15, 0.2) is 40.7 Å². The van der Waals surface area contributed by atoms with Gasteiger partial charge in [-0.05, 0) is 57.8 Å². The van der Waals surface area contributed by atoms with Crippen molar-refractivity contribution in [3.8, 4) is 6.07 Å². The van der Waals surface area contributed by atoms with E-state index in [1.807, 2.05) is 13.0 Å². The molecule has 98 valence electrons. The Morgan fingerprint density at radius 3 is 2.50 bits per heavy atom. The molecule has 1 aliphatic rings. The van der Waals surface area contributed by atoms with E-state index in [1.165, 1.54) is 17.3 Å². The molecule has 0 radical (unpaired) electrons. The second kappa shape index (κ2) is 5.68. The van der Waals surface area contributed by atoms with E-state index >= 15 is 0 Å². The number of hydrogen-bond acceptors (Lipinski definition) is 3. The van der Waals surface area contributed by atoms with Crippen LogP contribution in [-0.4, -0.2) is 11.3 Å². The molecule has 0 atom stereocenters. The molecule has 1 N–H and O–H groups in total. The minimum absolute atomic E-state index is 0. The quantitative estimate of drug-likeness (QED) is 0.767. The second-order valence-corrected chi connectivity index (χ2v) is 5.50. The molecule has 0 aromatic heterocycles. The van der Waals surface area contributed by atoms with Crippen molar-refractivity contribution in [2.24, 2.45) is 4.99 Å². The van der Waals surface area contributed by atoms with Gasteiger partial charge in [0.2, 0.25) is 0 Å². The molecule has 0 bridgehead atoms. The average Bonchev–Trinajstić information content (AvgIpc) is 3.09. The third-order valence-corrected chi connectivity index (χ3v) is 2.45. The summed E-state index contributed by atoms with van der Waals surface area (Å²) < 4.78 is 0. The highest BCUT2D eigenvalue weighted by molar-refractivity contribution is 6.07. The van der Waals surface area contributed by atoms with Crippen LogP contribution in [0.5, 0.6) is 0 Å². The maximum atomic E-state index is 8.78. The summed E-state index contributed by atoms with van der Waals surface area (Å²) in [6.07, 6.45) is 5.50. The van der Waals surface area contributed by atoms with Crippen LogP contribution < -0.4 is 5.32 Å². The van der Waals surface area contributed by atoms with Gasteiger partial charge in [-0.3, -0.25) is 0 Å². The molecule has 0 unspecified atom stereocenters. The number of hydrogen-bond donors (Lipinski definition) is 1. The number of nitrogens with zero attached hydrogens (tertiary/aromatic N) is 2. The summed E-state index contributed by atoms with van der Waals surface area (Å²) in [5.41, 5.74) is 4.04. The molecule has 0 heterocycles. The van der Waals surface area contributed by atoms with E-state index in [2.05, 4.69) is 37.7 Å².